The molecular formula is C18H18BrNO4Rh2. The van der Waals surface area contributed by atoms with Crippen molar-refractivity contribution in [1.29, 1.82) is 0 Å². The number of halogens is 1. The van der Waals surface area contributed by atoms with Gasteiger partial charge in [0.25, 0.3) is 11.8 Å². The molecule has 1 heterocycles. The first-order valence-corrected chi connectivity index (χ1v) is 8.39. The maximum absolute atomic E-state index is 13.0. The van der Waals surface area contributed by atoms with E-state index in [-0.39, 0.29) is 39.0 Å². The van der Waals surface area contributed by atoms with Gasteiger partial charge in [0.1, 0.15) is 0 Å². The summed E-state index contributed by atoms with van der Waals surface area (Å²) in [5.41, 5.74) is 0.0804. The van der Waals surface area contributed by atoms with E-state index in [1.165, 1.54) is 0 Å². The van der Waals surface area contributed by atoms with Crippen LogP contribution in [0.15, 0.2) is 34.8 Å². The SMILES string of the molecule is CC(C)(C)[C@@H](C(O)O)N1C(=O)c2cccc3c(Br)ccc(c23)C1=O.[Rh].[Rh]. The van der Waals surface area contributed by atoms with Crippen LogP contribution in [-0.4, -0.2) is 39.3 Å². The minimum absolute atomic E-state index is 0. The van der Waals surface area contributed by atoms with Crippen molar-refractivity contribution in [2.75, 3.05) is 0 Å². The molecule has 0 aliphatic carbocycles. The van der Waals surface area contributed by atoms with Crippen molar-refractivity contribution in [3.63, 3.8) is 0 Å². The molecule has 1 aliphatic rings. The molecule has 2 aromatic carbocycles. The van der Waals surface area contributed by atoms with Crippen LogP contribution in [-0.2, 0) is 39.0 Å². The largest absolute Gasteiger partial charge is 0.366 e. The molecular weight excluding hydrogens is 580 g/mol. The summed E-state index contributed by atoms with van der Waals surface area (Å²) in [4.78, 5) is 27.0. The Hall–Kier alpha value is -0.513. The van der Waals surface area contributed by atoms with E-state index in [2.05, 4.69) is 15.9 Å². The summed E-state index contributed by atoms with van der Waals surface area (Å²) in [7, 11) is 0. The van der Waals surface area contributed by atoms with E-state index in [9.17, 15) is 19.8 Å². The van der Waals surface area contributed by atoms with Crippen molar-refractivity contribution in [3.8, 4) is 0 Å². The molecule has 0 unspecified atom stereocenters. The number of hydrogen-bond donors (Lipinski definition) is 2. The molecule has 0 bridgehead atoms. The summed E-state index contributed by atoms with van der Waals surface area (Å²) < 4.78 is 0.798. The minimum atomic E-state index is -1.82. The standard InChI is InChI=1S/C18H18BrNO4.2Rh/c1-18(2,3)14(17(23)24)20-15(21)10-6-4-5-9-12(19)8-7-11(13(9)10)16(20)22;;/h4-8,14,17,23-24H,1-3H3;;/t14-;;/m1../s1. The van der Waals surface area contributed by atoms with E-state index < -0.39 is 29.6 Å². The molecule has 0 aromatic heterocycles. The first kappa shape index (κ1) is 23.5. The number of benzene rings is 2. The molecule has 0 fully saturated rings. The second kappa shape index (κ2) is 8.24. The molecule has 26 heavy (non-hydrogen) atoms. The van der Waals surface area contributed by atoms with Crippen LogP contribution >= 0.6 is 15.9 Å². The van der Waals surface area contributed by atoms with Crippen molar-refractivity contribution in [2.45, 2.75) is 33.1 Å². The molecule has 1 aliphatic heterocycles. The number of aliphatic hydroxyl groups is 2. The normalized spacial score (nSPS) is 15.0. The number of hydrogen-bond acceptors (Lipinski definition) is 4. The second-order valence-electron chi connectivity index (χ2n) is 7.03. The number of amides is 2. The molecule has 2 N–H and O–H groups in total. The Morgan fingerprint density at radius 3 is 2.00 bits per heavy atom. The smallest absolute Gasteiger partial charge is 0.261 e. The van der Waals surface area contributed by atoms with Gasteiger partial charge in [0, 0.05) is 59.9 Å². The fourth-order valence-electron chi connectivity index (χ4n) is 3.30. The fraction of sp³-hybridized carbons (Fsp3) is 0.333. The first-order chi connectivity index (χ1) is 11.1. The van der Waals surface area contributed by atoms with E-state index in [0.717, 1.165) is 14.8 Å². The quantitative estimate of drug-likeness (QED) is 0.317. The molecule has 0 saturated heterocycles. The van der Waals surface area contributed by atoms with Crippen molar-refractivity contribution in [1.82, 2.24) is 4.90 Å². The van der Waals surface area contributed by atoms with Crippen LogP contribution < -0.4 is 0 Å². The van der Waals surface area contributed by atoms with Crippen LogP contribution in [0, 0.1) is 5.41 Å². The Labute approximate surface area is 185 Å². The molecule has 3 rings (SSSR count). The van der Waals surface area contributed by atoms with Gasteiger partial charge in [-0.1, -0.05) is 48.8 Å². The number of carbonyl (C=O) groups excluding carboxylic acids is 2. The summed E-state index contributed by atoms with van der Waals surface area (Å²) in [6.45, 7) is 5.28. The average molecular weight is 598 g/mol. The van der Waals surface area contributed by atoms with Crippen molar-refractivity contribution in [3.05, 3.63) is 45.9 Å². The Morgan fingerprint density at radius 1 is 0.962 bits per heavy atom. The minimum Gasteiger partial charge on any atom is -0.366 e. The van der Waals surface area contributed by atoms with Gasteiger partial charge in [-0.2, -0.15) is 0 Å². The van der Waals surface area contributed by atoms with E-state index >= 15 is 0 Å². The van der Waals surface area contributed by atoms with Gasteiger partial charge in [-0.25, -0.2) is 0 Å². The number of nitrogens with zero attached hydrogens (tertiary/aromatic N) is 1. The third-order valence-electron chi connectivity index (χ3n) is 4.33. The Bertz CT molecular complexity index is 842. The first-order valence-electron chi connectivity index (χ1n) is 7.60. The Kier molecular flexibility index (Phi) is 7.46. The third-order valence-corrected chi connectivity index (χ3v) is 5.03. The summed E-state index contributed by atoms with van der Waals surface area (Å²) in [6.07, 6.45) is -1.82. The van der Waals surface area contributed by atoms with Gasteiger partial charge < -0.3 is 10.2 Å². The van der Waals surface area contributed by atoms with Gasteiger partial charge in [-0.15, -0.1) is 0 Å². The van der Waals surface area contributed by atoms with Crippen LogP contribution in [0.4, 0.5) is 0 Å². The van der Waals surface area contributed by atoms with Crippen LogP contribution in [0.3, 0.4) is 0 Å². The van der Waals surface area contributed by atoms with Crippen molar-refractivity contribution >= 4 is 38.5 Å². The topological polar surface area (TPSA) is 77.8 Å². The fourth-order valence-corrected chi connectivity index (χ4v) is 3.76. The summed E-state index contributed by atoms with van der Waals surface area (Å²) >= 11 is 3.44. The van der Waals surface area contributed by atoms with E-state index in [0.29, 0.717) is 16.5 Å². The molecule has 2 radical (unpaired) electrons. The van der Waals surface area contributed by atoms with Crippen molar-refractivity contribution in [2.24, 2.45) is 5.41 Å². The zero-order valence-corrected chi connectivity index (χ0v) is 19.1. The van der Waals surface area contributed by atoms with Gasteiger partial charge in [0.2, 0.25) is 0 Å². The molecule has 2 aromatic rings. The van der Waals surface area contributed by atoms with Crippen LogP contribution in [0.25, 0.3) is 10.8 Å². The van der Waals surface area contributed by atoms with E-state index in [4.69, 9.17) is 0 Å². The summed E-state index contributed by atoms with van der Waals surface area (Å²) in [5.74, 6) is -1.02. The van der Waals surface area contributed by atoms with Gasteiger partial charge in [0.05, 0.1) is 6.04 Å². The van der Waals surface area contributed by atoms with Gasteiger partial charge in [-0.05, 0) is 29.0 Å². The van der Waals surface area contributed by atoms with Gasteiger partial charge in [0.15, 0.2) is 6.29 Å². The second-order valence-corrected chi connectivity index (χ2v) is 7.88. The molecule has 8 heteroatoms. The zero-order valence-electron chi connectivity index (χ0n) is 14.2. The monoisotopic (exact) mass is 597 g/mol. The molecule has 144 valence electrons. The average Bonchev–Trinajstić information content (AvgIpc) is 2.48. The van der Waals surface area contributed by atoms with Crippen LogP contribution in [0.1, 0.15) is 41.5 Å². The Morgan fingerprint density at radius 2 is 1.50 bits per heavy atom. The van der Waals surface area contributed by atoms with Crippen molar-refractivity contribution < 1.29 is 58.8 Å². The molecule has 1 atom stereocenters. The summed E-state index contributed by atoms with van der Waals surface area (Å²) in [6, 6.07) is 7.61. The molecule has 5 nitrogen and oxygen atoms in total. The summed E-state index contributed by atoms with van der Waals surface area (Å²) in [5, 5.41) is 21.0. The predicted molar refractivity (Wildman–Crippen MR) is 93.6 cm³/mol. The number of aliphatic hydroxyl groups excluding tert-OH is 1. The van der Waals surface area contributed by atoms with E-state index in [1.807, 2.05) is 6.07 Å². The maximum Gasteiger partial charge on any atom is 0.261 e. The molecule has 2 amide bonds. The maximum atomic E-state index is 13.0. The zero-order chi connectivity index (χ0) is 17.8. The number of rotatable bonds is 2. The molecule has 0 saturated carbocycles. The number of imide groups is 1. The van der Waals surface area contributed by atoms with Gasteiger partial charge >= 0.3 is 0 Å². The van der Waals surface area contributed by atoms with E-state index in [1.54, 1.807) is 45.0 Å². The molecule has 0 spiro atoms. The number of carbonyl (C=O) groups is 2. The van der Waals surface area contributed by atoms with Crippen LogP contribution in [0.5, 0.6) is 0 Å². The Balaban J connectivity index is 0.00000169. The third kappa shape index (κ3) is 3.72. The van der Waals surface area contributed by atoms with Crippen LogP contribution in [0.2, 0.25) is 0 Å². The predicted octanol–water partition coefficient (Wildman–Crippen LogP) is 2.92. The van der Waals surface area contributed by atoms with Gasteiger partial charge in [-0.3, -0.25) is 14.5 Å².